The third kappa shape index (κ3) is 5.87. The first kappa shape index (κ1) is 17.8. The van der Waals surface area contributed by atoms with Gasteiger partial charge in [0, 0.05) is 32.2 Å². The van der Waals surface area contributed by atoms with Gasteiger partial charge >= 0.3 is 12.2 Å². The Balaban J connectivity index is 1.68. The quantitative estimate of drug-likeness (QED) is 0.732. The lowest BCUT2D eigenvalue weighted by atomic mass is 10.0. The molecule has 0 bridgehead atoms. The van der Waals surface area contributed by atoms with E-state index in [4.69, 9.17) is 14.3 Å². The first-order valence-corrected chi connectivity index (χ1v) is 8.12. The van der Waals surface area contributed by atoms with E-state index in [-0.39, 0.29) is 0 Å². The Morgan fingerprint density at radius 2 is 1.70 bits per heavy atom. The molecule has 2 heterocycles. The molecule has 2 amide bonds. The van der Waals surface area contributed by atoms with Crippen LogP contribution in [-0.2, 0) is 14.3 Å². The van der Waals surface area contributed by atoms with Gasteiger partial charge in [-0.15, -0.1) is 5.48 Å². The number of hydroxylamine groups is 1. The van der Waals surface area contributed by atoms with E-state index in [0.717, 1.165) is 39.1 Å². The molecule has 23 heavy (non-hydrogen) atoms. The third-order valence-corrected chi connectivity index (χ3v) is 3.91. The fraction of sp³-hybridized carbons (Fsp3) is 0.867. The molecule has 2 saturated heterocycles. The Morgan fingerprint density at radius 1 is 1.09 bits per heavy atom. The molecule has 0 radical (unpaired) electrons. The Morgan fingerprint density at radius 3 is 2.26 bits per heavy atom. The minimum Gasteiger partial charge on any atom is -0.442 e. The highest BCUT2D eigenvalue weighted by atomic mass is 16.7. The number of morpholine rings is 1. The molecule has 0 unspecified atom stereocenters. The molecule has 1 N–H and O–H groups in total. The van der Waals surface area contributed by atoms with Crippen molar-refractivity contribution in [1.82, 2.24) is 15.3 Å². The summed E-state index contributed by atoms with van der Waals surface area (Å²) in [4.78, 5) is 32.2. The highest BCUT2D eigenvalue weighted by molar-refractivity contribution is 5.72. The molecule has 132 valence electrons. The standard InChI is InChI=1S/C15H27N3O5/c1-15(2,3)22-13(19)16-23-14(20)18-6-4-12(5-7-18)17-8-10-21-11-9-17/h12H,4-11H2,1-3H3,(H,16,19). The van der Waals surface area contributed by atoms with Crippen molar-refractivity contribution >= 4 is 12.2 Å². The van der Waals surface area contributed by atoms with Crippen LogP contribution in [0.1, 0.15) is 33.6 Å². The molecule has 0 aliphatic carbocycles. The van der Waals surface area contributed by atoms with Gasteiger partial charge in [-0.05, 0) is 33.6 Å². The third-order valence-electron chi connectivity index (χ3n) is 3.91. The van der Waals surface area contributed by atoms with Gasteiger partial charge in [-0.25, -0.2) is 9.59 Å². The predicted octanol–water partition coefficient (Wildman–Crippen LogP) is 1.36. The van der Waals surface area contributed by atoms with Crippen LogP contribution in [0.25, 0.3) is 0 Å². The predicted molar refractivity (Wildman–Crippen MR) is 82.8 cm³/mol. The minimum absolute atomic E-state index is 0.488. The van der Waals surface area contributed by atoms with Gasteiger partial charge in [0.05, 0.1) is 13.2 Å². The monoisotopic (exact) mass is 329 g/mol. The van der Waals surface area contributed by atoms with E-state index in [9.17, 15) is 9.59 Å². The molecule has 2 aliphatic rings. The minimum atomic E-state index is -0.769. The summed E-state index contributed by atoms with van der Waals surface area (Å²) in [5, 5.41) is 0. The van der Waals surface area contributed by atoms with Gasteiger partial charge in [-0.2, -0.15) is 0 Å². The van der Waals surface area contributed by atoms with Crippen LogP contribution in [0.15, 0.2) is 0 Å². The maximum absolute atomic E-state index is 12.0. The lowest BCUT2D eigenvalue weighted by Gasteiger charge is -2.39. The van der Waals surface area contributed by atoms with Crippen molar-refractivity contribution in [1.29, 1.82) is 0 Å². The fourth-order valence-electron chi connectivity index (χ4n) is 2.81. The van der Waals surface area contributed by atoms with E-state index in [1.807, 2.05) is 5.48 Å². The lowest BCUT2D eigenvalue weighted by Crippen LogP contribution is -2.50. The molecule has 8 heteroatoms. The van der Waals surface area contributed by atoms with Crippen LogP contribution in [0.2, 0.25) is 0 Å². The smallest absolute Gasteiger partial charge is 0.441 e. The van der Waals surface area contributed by atoms with Crippen LogP contribution in [0.4, 0.5) is 9.59 Å². The van der Waals surface area contributed by atoms with Crippen molar-refractivity contribution in [3.05, 3.63) is 0 Å². The van der Waals surface area contributed by atoms with Crippen molar-refractivity contribution in [2.24, 2.45) is 0 Å². The largest absolute Gasteiger partial charge is 0.442 e. The number of carbonyl (C=O) groups excluding carboxylic acids is 2. The van der Waals surface area contributed by atoms with Gasteiger partial charge in [-0.1, -0.05) is 0 Å². The topological polar surface area (TPSA) is 80.3 Å². The van der Waals surface area contributed by atoms with Crippen LogP contribution >= 0.6 is 0 Å². The van der Waals surface area contributed by atoms with Gasteiger partial charge < -0.3 is 19.2 Å². The Hall–Kier alpha value is -1.54. The molecule has 0 atom stereocenters. The Bertz CT molecular complexity index is 410. The summed E-state index contributed by atoms with van der Waals surface area (Å²) < 4.78 is 10.4. The molecular weight excluding hydrogens is 302 g/mol. The van der Waals surface area contributed by atoms with Crippen LogP contribution < -0.4 is 5.48 Å². The molecule has 2 rings (SSSR count). The maximum atomic E-state index is 12.0. The molecule has 0 aromatic carbocycles. The summed E-state index contributed by atoms with van der Waals surface area (Å²) >= 11 is 0. The second-order valence-electron chi connectivity index (χ2n) is 6.84. The SMILES string of the molecule is CC(C)(C)OC(=O)NOC(=O)N1CCC(N2CCOCC2)CC1. The summed E-state index contributed by atoms with van der Waals surface area (Å²) in [6.07, 6.45) is 0.494. The van der Waals surface area contributed by atoms with Crippen molar-refractivity contribution in [3.8, 4) is 0 Å². The van der Waals surface area contributed by atoms with E-state index in [2.05, 4.69) is 4.90 Å². The molecular formula is C15H27N3O5. The average molecular weight is 329 g/mol. The zero-order valence-electron chi connectivity index (χ0n) is 14.2. The number of amides is 2. The normalized spacial score (nSPS) is 20.9. The number of carbonyl (C=O) groups is 2. The summed E-state index contributed by atoms with van der Waals surface area (Å²) in [6.45, 7) is 9.93. The first-order valence-electron chi connectivity index (χ1n) is 8.12. The van der Waals surface area contributed by atoms with E-state index in [1.165, 1.54) is 0 Å². The molecule has 0 saturated carbocycles. The van der Waals surface area contributed by atoms with E-state index in [1.54, 1.807) is 25.7 Å². The Kier molecular flexibility index (Phi) is 6.06. The second-order valence-corrected chi connectivity index (χ2v) is 6.84. The lowest BCUT2D eigenvalue weighted by molar-refractivity contribution is -0.00993. The molecule has 8 nitrogen and oxygen atoms in total. The summed E-state index contributed by atoms with van der Waals surface area (Å²) in [6, 6.07) is 0.488. The number of piperidine rings is 1. The number of rotatable bonds is 1. The van der Waals surface area contributed by atoms with Gasteiger partial charge in [0.25, 0.3) is 0 Å². The number of nitrogens with zero attached hydrogens (tertiary/aromatic N) is 2. The number of nitrogens with one attached hydrogen (secondary N) is 1. The van der Waals surface area contributed by atoms with Gasteiger partial charge in [-0.3, -0.25) is 4.90 Å². The molecule has 0 spiro atoms. The highest BCUT2D eigenvalue weighted by Crippen LogP contribution is 2.18. The van der Waals surface area contributed by atoms with Crippen LogP contribution in [0, 0.1) is 0 Å². The van der Waals surface area contributed by atoms with Gasteiger partial charge in [0.1, 0.15) is 5.60 Å². The number of likely N-dealkylation sites (tertiary alicyclic amines) is 1. The fourth-order valence-corrected chi connectivity index (χ4v) is 2.81. The van der Waals surface area contributed by atoms with Crippen molar-refractivity contribution in [3.63, 3.8) is 0 Å². The van der Waals surface area contributed by atoms with E-state index < -0.39 is 17.8 Å². The highest BCUT2D eigenvalue weighted by Gasteiger charge is 2.29. The molecule has 2 fully saturated rings. The Labute approximate surface area is 137 Å². The number of hydrogen-bond acceptors (Lipinski definition) is 6. The molecule has 0 aromatic rings. The second kappa shape index (κ2) is 7.83. The number of hydrogen-bond donors (Lipinski definition) is 1. The maximum Gasteiger partial charge on any atom is 0.441 e. The average Bonchev–Trinajstić information content (AvgIpc) is 2.52. The van der Waals surface area contributed by atoms with Crippen LogP contribution in [0.3, 0.4) is 0 Å². The summed E-state index contributed by atoms with van der Waals surface area (Å²) in [7, 11) is 0. The van der Waals surface area contributed by atoms with Crippen LogP contribution in [-0.4, -0.2) is 73.0 Å². The summed E-state index contributed by atoms with van der Waals surface area (Å²) in [5.41, 5.74) is 1.40. The zero-order chi connectivity index (χ0) is 16.9. The molecule has 0 aromatic heterocycles. The van der Waals surface area contributed by atoms with Crippen molar-refractivity contribution < 1.29 is 23.9 Å². The molecule has 2 aliphatic heterocycles. The zero-order valence-corrected chi connectivity index (χ0v) is 14.2. The van der Waals surface area contributed by atoms with Gasteiger partial charge in [0.2, 0.25) is 0 Å². The summed E-state index contributed by atoms with van der Waals surface area (Å²) in [5.74, 6) is 0. The first-order chi connectivity index (χ1) is 10.8. The van der Waals surface area contributed by atoms with E-state index >= 15 is 0 Å². The van der Waals surface area contributed by atoms with Crippen LogP contribution in [0.5, 0.6) is 0 Å². The van der Waals surface area contributed by atoms with Gasteiger partial charge in [0.15, 0.2) is 0 Å². The van der Waals surface area contributed by atoms with E-state index in [0.29, 0.717) is 19.1 Å². The number of ether oxygens (including phenoxy) is 2. The van der Waals surface area contributed by atoms with Crippen molar-refractivity contribution in [2.45, 2.75) is 45.3 Å². The van der Waals surface area contributed by atoms with Crippen molar-refractivity contribution in [2.75, 3.05) is 39.4 Å².